The Labute approximate surface area is 130 Å². The third-order valence-corrected chi connectivity index (χ3v) is 3.33. The van der Waals surface area contributed by atoms with E-state index in [9.17, 15) is 0 Å². The molecule has 3 nitrogen and oxygen atoms in total. The summed E-state index contributed by atoms with van der Waals surface area (Å²) in [5.74, 6) is 0.977. The molecular formula is C18H32NO2+. The summed E-state index contributed by atoms with van der Waals surface area (Å²) in [6.07, 6.45) is 0. The molecular weight excluding hydrogens is 262 g/mol. The Bertz CT molecular complexity index is 422. The summed E-state index contributed by atoms with van der Waals surface area (Å²) < 4.78 is 11.5. The van der Waals surface area contributed by atoms with Gasteiger partial charge in [-0.05, 0) is 37.8 Å². The van der Waals surface area contributed by atoms with Gasteiger partial charge in [-0.1, -0.05) is 38.5 Å². The van der Waals surface area contributed by atoms with Crippen LogP contribution < -0.4 is 10.1 Å². The first-order valence-corrected chi connectivity index (χ1v) is 7.95. The highest BCUT2D eigenvalue weighted by Gasteiger charge is 2.19. The molecule has 1 aromatic carbocycles. The van der Waals surface area contributed by atoms with Crippen molar-refractivity contribution in [2.45, 2.75) is 53.0 Å². The molecule has 0 saturated carbocycles. The first-order chi connectivity index (χ1) is 9.80. The van der Waals surface area contributed by atoms with Gasteiger partial charge < -0.3 is 14.8 Å². The van der Waals surface area contributed by atoms with Crippen LogP contribution in [0, 0.1) is 6.92 Å². The number of aryl methyl sites for hydroxylation is 1. The van der Waals surface area contributed by atoms with E-state index in [1.54, 1.807) is 0 Å². The van der Waals surface area contributed by atoms with Gasteiger partial charge in [0, 0.05) is 0 Å². The van der Waals surface area contributed by atoms with Crippen molar-refractivity contribution in [3.63, 3.8) is 0 Å². The van der Waals surface area contributed by atoms with E-state index in [-0.39, 0.29) is 5.41 Å². The zero-order valence-corrected chi connectivity index (χ0v) is 14.5. The maximum atomic E-state index is 5.91. The van der Waals surface area contributed by atoms with E-state index < -0.39 is 0 Å². The Morgan fingerprint density at radius 1 is 1.10 bits per heavy atom. The molecule has 1 aromatic rings. The normalized spacial score (nSPS) is 12.0. The second-order valence-corrected chi connectivity index (χ2v) is 6.98. The third-order valence-electron chi connectivity index (χ3n) is 3.33. The molecule has 0 heterocycles. The van der Waals surface area contributed by atoms with Crippen LogP contribution in [0.1, 0.15) is 45.7 Å². The number of ether oxygens (including phenoxy) is 2. The molecule has 0 aliphatic heterocycles. The van der Waals surface area contributed by atoms with Gasteiger partial charge in [-0.15, -0.1) is 0 Å². The summed E-state index contributed by atoms with van der Waals surface area (Å²) in [6, 6.07) is 7.02. The average Bonchev–Trinajstić information content (AvgIpc) is 2.37. The predicted octanol–water partition coefficient (Wildman–Crippen LogP) is 2.66. The van der Waals surface area contributed by atoms with E-state index in [0.29, 0.717) is 19.3 Å². The van der Waals surface area contributed by atoms with Crippen molar-refractivity contribution in [3.8, 4) is 5.75 Å². The van der Waals surface area contributed by atoms with Crippen LogP contribution in [0.5, 0.6) is 5.75 Å². The van der Waals surface area contributed by atoms with Crippen molar-refractivity contribution in [3.05, 3.63) is 29.3 Å². The predicted molar refractivity (Wildman–Crippen MR) is 88.1 cm³/mol. The maximum absolute atomic E-state index is 5.91. The summed E-state index contributed by atoms with van der Waals surface area (Å²) in [7, 11) is 0. The zero-order valence-electron chi connectivity index (χ0n) is 14.5. The number of nitrogens with two attached hydrogens (primary N) is 1. The van der Waals surface area contributed by atoms with Gasteiger partial charge in [0.1, 0.15) is 12.4 Å². The average molecular weight is 294 g/mol. The van der Waals surface area contributed by atoms with E-state index in [2.05, 4.69) is 65.1 Å². The molecule has 0 saturated heterocycles. The highest BCUT2D eigenvalue weighted by atomic mass is 16.5. The largest absolute Gasteiger partial charge is 0.491 e. The van der Waals surface area contributed by atoms with E-state index >= 15 is 0 Å². The molecule has 0 aliphatic rings. The van der Waals surface area contributed by atoms with Crippen molar-refractivity contribution in [2.24, 2.45) is 0 Å². The molecule has 0 unspecified atom stereocenters. The number of hydrogen-bond donors (Lipinski definition) is 1. The molecule has 0 aromatic heterocycles. The minimum atomic E-state index is 0.0917. The minimum absolute atomic E-state index is 0.0917. The van der Waals surface area contributed by atoms with Crippen LogP contribution in [0.2, 0.25) is 0 Å². The van der Waals surface area contributed by atoms with Gasteiger partial charge in [-0.25, -0.2) is 0 Å². The molecule has 21 heavy (non-hydrogen) atoms. The monoisotopic (exact) mass is 294 g/mol. The molecule has 0 fully saturated rings. The van der Waals surface area contributed by atoms with Gasteiger partial charge in [-0.3, -0.25) is 0 Å². The number of benzene rings is 1. The smallest absolute Gasteiger partial charge is 0.123 e. The topological polar surface area (TPSA) is 35.1 Å². The Balaban J connectivity index is 2.39. The Hall–Kier alpha value is -1.06. The molecule has 120 valence electrons. The Morgan fingerprint density at radius 3 is 2.43 bits per heavy atom. The second-order valence-electron chi connectivity index (χ2n) is 6.98. The minimum Gasteiger partial charge on any atom is -0.491 e. The van der Waals surface area contributed by atoms with Gasteiger partial charge in [0.2, 0.25) is 0 Å². The molecule has 0 aliphatic carbocycles. The van der Waals surface area contributed by atoms with Crippen LogP contribution in [0.4, 0.5) is 0 Å². The molecule has 3 heteroatoms. The summed E-state index contributed by atoms with van der Waals surface area (Å²) in [6.45, 7) is 16.2. The number of hydrogen-bond acceptors (Lipinski definition) is 2. The first kappa shape index (κ1) is 18.0. The Kier molecular flexibility index (Phi) is 7.20. The third kappa shape index (κ3) is 6.96. The van der Waals surface area contributed by atoms with E-state index in [1.165, 1.54) is 11.1 Å². The van der Waals surface area contributed by atoms with Crippen LogP contribution in [0.3, 0.4) is 0 Å². The molecule has 1 rings (SSSR count). The standard InChI is InChI=1S/C18H31NO2/c1-14(2)19-9-10-20-11-12-21-17-8-7-15(3)13-16(17)18(4,5)6/h7-8,13-14,19H,9-12H2,1-6H3/p+1. The van der Waals surface area contributed by atoms with Crippen LogP contribution >= 0.6 is 0 Å². The fourth-order valence-corrected chi connectivity index (χ4v) is 2.15. The summed E-state index contributed by atoms with van der Waals surface area (Å²) in [5, 5.41) is 2.28. The number of quaternary nitrogens is 1. The Morgan fingerprint density at radius 2 is 1.81 bits per heavy atom. The molecule has 2 N–H and O–H groups in total. The lowest BCUT2D eigenvalue weighted by Gasteiger charge is -2.23. The quantitative estimate of drug-likeness (QED) is 0.748. The van der Waals surface area contributed by atoms with Crippen molar-refractivity contribution in [1.82, 2.24) is 0 Å². The van der Waals surface area contributed by atoms with E-state index in [4.69, 9.17) is 9.47 Å². The fourth-order valence-electron chi connectivity index (χ4n) is 2.15. The number of rotatable bonds is 8. The zero-order chi connectivity index (χ0) is 15.9. The lowest BCUT2D eigenvalue weighted by Crippen LogP contribution is -2.89. The lowest BCUT2D eigenvalue weighted by molar-refractivity contribution is -0.684. The van der Waals surface area contributed by atoms with E-state index in [0.717, 1.165) is 18.9 Å². The van der Waals surface area contributed by atoms with Crippen LogP contribution in [-0.4, -0.2) is 32.4 Å². The summed E-state index contributed by atoms with van der Waals surface area (Å²) in [5.41, 5.74) is 2.62. The van der Waals surface area contributed by atoms with Crippen LogP contribution in [0.25, 0.3) is 0 Å². The van der Waals surface area contributed by atoms with Gasteiger partial charge >= 0.3 is 0 Å². The molecule has 0 atom stereocenters. The highest BCUT2D eigenvalue weighted by molar-refractivity contribution is 5.41. The maximum Gasteiger partial charge on any atom is 0.123 e. The van der Waals surface area contributed by atoms with Gasteiger partial charge in [0.15, 0.2) is 0 Å². The summed E-state index contributed by atoms with van der Waals surface area (Å²) in [4.78, 5) is 0. The van der Waals surface area contributed by atoms with Crippen molar-refractivity contribution in [2.75, 3.05) is 26.4 Å². The molecule has 0 bridgehead atoms. The van der Waals surface area contributed by atoms with Gasteiger partial charge in [0.25, 0.3) is 0 Å². The van der Waals surface area contributed by atoms with Crippen molar-refractivity contribution in [1.29, 1.82) is 0 Å². The van der Waals surface area contributed by atoms with Crippen LogP contribution in [-0.2, 0) is 10.2 Å². The molecule has 0 spiro atoms. The van der Waals surface area contributed by atoms with Crippen molar-refractivity contribution < 1.29 is 14.8 Å². The lowest BCUT2D eigenvalue weighted by atomic mass is 9.85. The molecule has 0 radical (unpaired) electrons. The van der Waals surface area contributed by atoms with E-state index in [1.807, 2.05) is 0 Å². The first-order valence-electron chi connectivity index (χ1n) is 7.95. The second kappa shape index (κ2) is 8.40. The highest BCUT2D eigenvalue weighted by Crippen LogP contribution is 2.32. The SMILES string of the molecule is Cc1ccc(OCCOCC[NH2+]C(C)C)c(C(C)(C)C)c1. The summed E-state index contributed by atoms with van der Waals surface area (Å²) >= 11 is 0. The van der Waals surface area contributed by atoms with Gasteiger partial charge in [-0.2, -0.15) is 0 Å². The van der Waals surface area contributed by atoms with Crippen molar-refractivity contribution >= 4 is 0 Å². The van der Waals surface area contributed by atoms with Crippen LogP contribution in [0.15, 0.2) is 18.2 Å². The van der Waals surface area contributed by atoms with Gasteiger partial charge in [0.05, 0.1) is 25.8 Å². The molecule has 0 amide bonds. The fraction of sp³-hybridized carbons (Fsp3) is 0.667.